The Bertz CT molecular complexity index is 390. The quantitative estimate of drug-likeness (QED) is 0.284. The predicted octanol–water partition coefficient (Wildman–Crippen LogP) is 5.82. The van der Waals surface area contributed by atoms with Gasteiger partial charge in [0.05, 0.1) is 6.42 Å². The molecule has 0 aliphatic heterocycles. The molecule has 0 aromatic heterocycles. The van der Waals surface area contributed by atoms with Crippen LogP contribution in [0.25, 0.3) is 0 Å². The highest BCUT2D eigenvalue weighted by Gasteiger charge is 2.05. The van der Waals surface area contributed by atoms with Gasteiger partial charge >= 0.3 is 5.97 Å². The third-order valence-electron chi connectivity index (χ3n) is 3.28. The molecule has 0 fully saturated rings. The molecular formula is C17H25BrO3. The highest BCUT2D eigenvalue weighted by atomic mass is 79.9. The average Bonchev–Trinajstić information content (AvgIpc) is 2.49. The summed E-state index contributed by atoms with van der Waals surface area (Å²) in [7, 11) is 0. The number of benzene rings is 1. The number of carbonyl (C=O) groups excluding carboxylic acids is 1. The summed E-state index contributed by atoms with van der Waals surface area (Å²) < 4.78 is 0.958. The first-order chi connectivity index (χ1) is 10.2. The molecule has 1 aromatic rings. The molecule has 0 saturated heterocycles. The predicted molar refractivity (Wildman–Crippen MR) is 88.1 cm³/mol. The van der Waals surface area contributed by atoms with Crippen molar-refractivity contribution in [3.8, 4) is 5.75 Å². The fourth-order valence-corrected chi connectivity index (χ4v) is 2.29. The lowest BCUT2D eigenvalue weighted by Gasteiger charge is -2.04. The van der Waals surface area contributed by atoms with Crippen molar-refractivity contribution in [3.63, 3.8) is 0 Å². The molecular weight excluding hydrogens is 332 g/mol. The van der Waals surface area contributed by atoms with E-state index in [2.05, 4.69) is 22.9 Å². The maximum Gasteiger partial charge on any atom is 0.355 e. The fourth-order valence-electron chi connectivity index (χ4n) is 2.03. The van der Waals surface area contributed by atoms with Crippen LogP contribution in [0.4, 0.5) is 0 Å². The first-order valence-corrected chi connectivity index (χ1v) is 8.64. The molecule has 0 amide bonds. The average molecular weight is 357 g/mol. The van der Waals surface area contributed by atoms with Gasteiger partial charge in [0.1, 0.15) is 0 Å². The molecule has 3 nitrogen and oxygen atoms in total. The molecule has 0 bridgehead atoms. The Morgan fingerprint density at radius 2 is 1.52 bits per heavy atom. The van der Waals surface area contributed by atoms with Gasteiger partial charge in [0.25, 0.3) is 0 Å². The summed E-state index contributed by atoms with van der Waals surface area (Å²) in [6.45, 7) is 2.22. The molecule has 1 rings (SSSR count). The summed E-state index contributed by atoms with van der Waals surface area (Å²) in [4.78, 5) is 21.2. The summed E-state index contributed by atoms with van der Waals surface area (Å²) in [5, 5.41) is 0. The molecule has 0 aliphatic rings. The summed E-state index contributed by atoms with van der Waals surface area (Å²) in [6.07, 6.45) is 10.1. The molecule has 0 N–H and O–H groups in total. The third-order valence-corrected chi connectivity index (χ3v) is 3.81. The zero-order valence-corrected chi connectivity index (χ0v) is 14.4. The van der Waals surface area contributed by atoms with Crippen LogP contribution in [0.5, 0.6) is 5.75 Å². The van der Waals surface area contributed by atoms with E-state index in [-0.39, 0.29) is 5.97 Å². The first-order valence-electron chi connectivity index (χ1n) is 7.85. The first kappa shape index (κ1) is 18.0. The van der Waals surface area contributed by atoms with E-state index in [9.17, 15) is 4.79 Å². The largest absolute Gasteiger partial charge is 0.355 e. The van der Waals surface area contributed by atoms with Crippen LogP contribution in [-0.4, -0.2) is 5.97 Å². The van der Waals surface area contributed by atoms with Gasteiger partial charge in [-0.25, -0.2) is 4.79 Å². The Balaban J connectivity index is 1.97. The van der Waals surface area contributed by atoms with E-state index in [4.69, 9.17) is 9.78 Å². The smallest absolute Gasteiger partial charge is 0.287 e. The van der Waals surface area contributed by atoms with Crippen LogP contribution in [0, 0.1) is 0 Å². The summed E-state index contributed by atoms with van der Waals surface area (Å²) >= 11 is 3.33. The van der Waals surface area contributed by atoms with Gasteiger partial charge in [-0.3, -0.25) is 9.78 Å². The fraction of sp³-hybridized carbons (Fsp3) is 0.588. The van der Waals surface area contributed by atoms with E-state index < -0.39 is 0 Å². The van der Waals surface area contributed by atoms with E-state index in [0.29, 0.717) is 12.2 Å². The van der Waals surface area contributed by atoms with E-state index in [1.54, 1.807) is 12.1 Å². The lowest BCUT2D eigenvalue weighted by atomic mass is 10.1. The van der Waals surface area contributed by atoms with E-state index in [0.717, 1.165) is 17.3 Å². The van der Waals surface area contributed by atoms with Crippen LogP contribution in [0.15, 0.2) is 28.7 Å². The van der Waals surface area contributed by atoms with E-state index >= 15 is 0 Å². The SMILES string of the molecule is CCCCCCCCCCC(=O)OOc1ccc(Br)cc1. The number of carbonyl (C=O) groups is 1. The maximum absolute atomic E-state index is 11.5. The van der Waals surface area contributed by atoms with Crippen LogP contribution in [-0.2, 0) is 9.68 Å². The van der Waals surface area contributed by atoms with Gasteiger partial charge in [0.2, 0.25) is 0 Å². The van der Waals surface area contributed by atoms with E-state index in [1.807, 2.05) is 12.1 Å². The number of halogens is 1. The lowest BCUT2D eigenvalue weighted by Crippen LogP contribution is -2.07. The second-order valence-corrected chi connectivity index (χ2v) is 6.13. The number of unbranched alkanes of at least 4 members (excludes halogenated alkanes) is 7. The van der Waals surface area contributed by atoms with Gasteiger partial charge < -0.3 is 0 Å². The maximum atomic E-state index is 11.5. The minimum absolute atomic E-state index is 0.302. The topological polar surface area (TPSA) is 35.5 Å². The summed E-state index contributed by atoms with van der Waals surface area (Å²) in [5.41, 5.74) is 0. The van der Waals surface area contributed by atoms with Crippen LogP contribution >= 0.6 is 15.9 Å². The van der Waals surface area contributed by atoms with Crippen molar-refractivity contribution in [3.05, 3.63) is 28.7 Å². The van der Waals surface area contributed by atoms with Crippen LogP contribution in [0.3, 0.4) is 0 Å². The van der Waals surface area contributed by atoms with Crippen molar-refractivity contribution < 1.29 is 14.6 Å². The highest BCUT2D eigenvalue weighted by molar-refractivity contribution is 9.10. The van der Waals surface area contributed by atoms with Crippen LogP contribution in [0.2, 0.25) is 0 Å². The zero-order chi connectivity index (χ0) is 15.3. The molecule has 118 valence electrons. The second kappa shape index (κ2) is 11.6. The molecule has 0 spiro atoms. The Hall–Kier alpha value is -1.03. The third kappa shape index (κ3) is 9.51. The normalized spacial score (nSPS) is 10.4. The van der Waals surface area contributed by atoms with Crippen molar-refractivity contribution >= 4 is 21.9 Å². The van der Waals surface area contributed by atoms with Crippen molar-refractivity contribution in [1.29, 1.82) is 0 Å². The van der Waals surface area contributed by atoms with Gasteiger partial charge in [-0.1, -0.05) is 67.8 Å². The van der Waals surface area contributed by atoms with Gasteiger partial charge in [-0.15, -0.1) is 0 Å². The molecule has 0 atom stereocenters. The zero-order valence-electron chi connectivity index (χ0n) is 12.8. The van der Waals surface area contributed by atoms with E-state index in [1.165, 1.54) is 38.5 Å². The molecule has 0 unspecified atom stereocenters. The lowest BCUT2D eigenvalue weighted by molar-refractivity contribution is -0.213. The molecule has 0 aliphatic carbocycles. The Labute approximate surface area is 136 Å². The Morgan fingerprint density at radius 3 is 2.14 bits per heavy atom. The molecule has 21 heavy (non-hydrogen) atoms. The standard InChI is InChI=1S/C17H25BrO3/c1-2-3-4-5-6-7-8-9-10-17(19)21-20-16-13-11-15(18)12-14-16/h11-14H,2-10H2,1H3. The summed E-state index contributed by atoms with van der Waals surface area (Å²) in [5.74, 6) is 0.228. The minimum atomic E-state index is -0.302. The number of rotatable bonds is 11. The van der Waals surface area contributed by atoms with Gasteiger partial charge in [-0.05, 0) is 30.7 Å². The number of hydrogen-bond donors (Lipinski definition) is 0. The molecule has 4 heteroatoms. The monoisotopic (exact) mass is 356 g/mol. The van der Waals surface area contributed by atoms with Crippen LogP contribution < -0.4 is 4.89 Å². The van der Waals surface area contributed by atoms with Gasteiger partial charge in [-0.2, -0.15) is 0 Å². The Morgan fingerprint density at radius 1 is 0.952 bits per heavy atom. The molecule has 0 saturated carbocycles. The number of hydrogen-bond acceptors (Lipinski definition) is 3. The molecule has 0 radical (unpaired) electrons. The van der Waals surface area contributed by atoms with Crippen molar-refractivity contribution in [2.45, 2.75) is 64.7 Å². The van der Waals surface area contributed by atoms with Gasteiger partial charge in [0.15, 0.2) is 5.75 Å². The second-order valence-electron chi connectivity index (χ2n) is 5.22. The van der Waals surface area contributed by atoms with Crippen molar-refractivity contribution in [2.75, 3.05) is 0 Å². The highest BCUT2D eigenvalue weighted by Crippen LogP contribution is 2.16. The summed E-state index contributed by atoms with van der Waals surface area (Å²) in [6, 6.07) is 7.16. The van der Waals surface area contributed by atoms with Crippen molar-refractivity contribution in [1.82, 2.24) is 0 Å². The molecule has 0 heterocycles. The minimum Gasteiger partial charge on any atom is -0.287 e. The van der Waals surface area contributed by atoms with Crippen LogP contribution in [0.1, 0.15) is 64.7 Å². The Kier molecular flexibility index (Phi) is 9.96. The molecule has 1 aromatic carbocycles. The van der Waals surface area contributed by atoms with Gasteiger partial charge in [0, 0.05) is 4.47 Å². The van der Waals surface area contributed by atoms with Crippen molar-refractivity contribution in [2.24, 2.45) is 0 Å².